The Labute approximate surface area is 148 Å². The maximum absolute atomic E-state index is 12.3. The van der Waals surface area contributed by atoms with Crippen LogP contribution < -0.4 is 0 Å². The molecule has 0 fully saturated rings. The first kappa shape index (κ1) is 20.0. The van der Waals surface area contributed by atoms with Crippen LogP contribution in [0, 0.1) is 0 Å². The molecule has 0 bridgehead atoms. The van der Waals surface area contributed by atoms with Gasteiger partial charge in [-0.05, 0) is 12.0 Å². The molecule has 1 N–H and O–H groups in total. The van der Waals surface area contributed by atoms with Crippen LogP contribution in [0.4, 0.5) is 4.79 Å². The highest BCUT2D eigenvalue weighted by atomic mass is 35.5. The number of carboxylic acid groups (broad SMARTS) is 1. The number of ether oxygens (including phenoxy) is 1. The number of carbonyl (C=O) groups excluding carboxylic acids is 1. The van der Waals surface area contributed by atoms with E-state index < -0.39 is 22.3 Å². The first-order valence-electron chi connectivity index (χ1n) is 7.16. The van der Waals surface area contributed by atoms with Gasteiger partial charge in [0.15, 0.2) is 0 Å². The van der Waals surface area contributed by atoms with Crippen molar-refractivity contribution in [2.24, 2.45) is 0 Å². The molecule has 23 heavy (non-hydrogen) atoms. The minimum absolute atomic E-state index is 0.00478. The Balaban J connectivity index is 2.87. The molecule has 0 saturated heterocycles. The van der Waals surface area contributed by atoms with E-state index in [-0.39, 0.29) is 13.0 Å². The Morgan fingerprint density at radius 2 is 1.96 bits per heavy atom. The molecule has 2 atom stereocenters. The van der Waals surface area contributed by atoms with Crippen LogP contribution >= 0.6 is 32.4 Å². The molecule has 8 heteroatoms. The third kappa shape index (κ3) is 6.54. The van der Waals surface area contributed by atoms with Crippen LogP contribution in [0.2, 0.25) is 0 Å². The average Bonchev–Trinajstić information content (AvgIpc) is 2.48. The van der Waals surface area contributed by atoms with Crippen molar-refractivity contribution in [2.75, 3.05) is 0 Å². The second-order valence-corrected chi connectivity index (χ2v) is 7.91. The number of hydrogen-bond acceptors (Lipinski definition) is 3. The molecule has 2 unspecified atom stereocenters. The standard InChI is InChI=1S/C15H20Cl2NO4P/c1-2-3-9-12(13(19)20)18(15(16,17)23)14(21)22-10-11-7-5-4-6-8-11/h4-8,12H,2-3,9-10,23H2,1H3,(H,19,20). The van der Waals surface area contributed by atoms with Gasteiger partial charge in [0, 0.05) is 0 Å². The van der Waals surface area contributed by atoms with Crippen molar-refractivity contribution < 1.29 is 19.4 Å². The highest BCUT2D eigenvalue weighted by molar-refractivity contribution is 7.27. The zero-order valence-corrected chi connectivity index (χ0v) is 15.4. The Morgan fingerprint density at radius 1 is 1.35 bits per heavy atom. The number of aliphatic carboxylic acids is 1. The maximum Gasteiger partial charge on any atom is 0.413 e. The summed E-state index contributed by atoms with van der Waals surface area (Å²) in [6.45, 7) is 1.93. The number of halogens is 2. The third-order valence-corrected chi connectivity index (χ3v) is 3.79. The van der Waals surface area contributed by atoms with Crippen molar-refractivity contribution in [2.45, 2.75) is 43.0 Å². The van der Waals surface area contributed by atoms with Gasteiger partial charge in [0.05, 0.1) is 0 Å². The van der Waals surface area contributed by atoms with Crippen molar-refractivity contribution >= 4 is 44.5 Å². The van der Waals surface area contributed by atoms with Crippen molar-refractivity contribution in [1.29, 1.82) is 0 Å². The largest absolute Gasteiger partial charge is 0.480 e. The van der Waals surface area contributed by atoms with Gasteiger partial charge in [-0.2, -0.15) is 0 Å². The lowest BCUT2D eigenvalue weighted by Crippen LogP contribution is -2.51. The highest BCUT2D eigenvalue weighted by Gasteiger charge is 2.41. The summed E-state index contributed by atoms with van der Waals surface area (Å²) in [6, 6.07) is 7.88. The molecular formula is C15H20Cl2NO4P. The third-order valence-electron chi connectivity index (χ3n) is 3.15. The predicted molar refractivity (Wildman–Crippen MR) is 93.6 cm³/mol. The van der Waals surface area contributed by atoms with Crippen LogP contribution in [0.5, 0.6) is 0 Å². The molecular weight excluding hydrogens is 360 g/mol. The quantitative estimate of drug-likeness (QED) is 0.416. The zero-order chi connectivity index (χ0) is 17.5. The molecule has 0 aliphatic rings. The van der Waals surface area contributed by atoms with E-state index in [9.17, 15) is 14.7 Å². The smallest absolute Gasteiger partial charge is 0.413 e. The van der Waals surface area contributed by atoms with E-state index in [2.05, 4.69) is 0 Å². The molecule has 1 aromatic carbocycles. The number of carboxylic acids is 1. The number of benzene rings is 1. The Kier molecular flexibility index (Phi) is 8.10. The van der Waals surface area contributed by atoms with E-state index in [1.807, 2.05) is 34.4 Å². The van der Waals surface area contributed by atoms with Gasteiger partial charge in [0.2, 0.25) is 4.20 Å². The first-order valence-corrected chi connectivity index (χ1v) is 8.50. The van der Waals surface area contributed by atoms with Gasteiger partial charge in [0.25, 0.3) is 0 Å². The van der Waals surface area contributed by atoms with Crippen LogP contribution in [-0.2, 0) is 16.1 Å². The van der Waals surface area contributed by atoms with E-state index in [1.54, 1.807) is 12.1 Å². The van der Waals surface area contributed by atoms with E-state index in [1.165, 1.54) is 0 Å². The number of nitrogens with zero attached hydrogens (tertiary/aromatic N) is 1. The van der Waals surface area contributed by atoms with Gasteiger partial charge in [0.1, 0.15) is 12.6 Å². The van der Waals surface area contributed by atoms with E-state index in [0.717, 1.165) is 16.9 Å². The monoisotopic (exact) mass is 379 g/mol. The fourth-order valence-electron chi connectivity index (χ4n) is 2.01. The molecule has 128 valence electrons. The molecule has 0 aliphatic carbocycles. The molecule has 1 rings (SSSR count). The number of carbonyl (C=O) groups is 2. The zero-order valence-electron chi connectivity index (χ0n) is 12.7. The summed E-state index contributed by atoms with van der Waals surface area (Å²) in [5.74, 6) is -1.18. The van der Waals surface area contributed by atoms with E-state index in [0.29, 0.717) is 6.42 Å². The summed E-state index contributed by atoms with van der Waals surface area (Å²) in [5, 5.41) is 9.39. The SMILES string of the molecule is CCCCC(C(=O)O)N(C(=O)OCc1ccccc1)C(P)(Cl)Cl. The van der Waals surface area contributed by atoms with Crippen LogP contribution in [-0.4, -0.2) is 32.3 Å². The lowest BCUT2D eigenvalue weighted by atomic mass is 10.1. The van der Waals surface area contributed by atoms with Gasteiger partial charge in [-0.3, -0.25) is 4.90 Å². The van der Waals surface area contributed by atoms with Gasteiger partial charge in [-0.15, -0.1) is 0 Å². The Bertz CT molecular complexity index is 522. The van der Waals surface area contributed by atoms with E-state index >= 15 is 0 Å². The van der Waals surface area contributed by atoms with Crippen LogP contribution in [0.15, 0.2) is 30.3 Å². The van der Waals surface area contributed by atoms with Gasteiger partial charge in [-0.1, -0.05) is 82.5 Å². The van der Waals surface area contributed by atoms with Crippen molar-refractivity contribution in [3.63, 3.8) is 0 Å². The molecule has 0 aromatic heterocycles. The summed E-state index contributed by atoms with van der Waals surface area (Å²) in [4.78, 5) is 24.7. The molecule has 1 amide bonds. The molecule has 1 aromatic rings. The van der Waals surface area contributed by atoms with Crippen LogP contribution in [0.3, 0.4) is 0 Å². The number of alkyl halides is 2. The molecule has 0 saturated carbocycles. The summed E-state index contributed by atoms with van der Waals surface area (Å²) in [7, 11) is 2.05. The molecule has 0 heterocycles. The summed E-state index contributed by atoms with van der Waals surface area (Å²) >= 11 is 12.0. The fraction of sp³-hybridized carbons (Fsp3) is 0.467. The lowest BCUT2D eigenvalue weighted by molar-refractivity contribution is -0.143. The number of rotatable bonds is 8. The average molecular weight is 380 g/mol. The normalized spacial score (nSPS) is 12.5. The fourth-order valence-corrected chi connectivity index (χ4v) is 2.67. The Morgan fingerprint density at radius 3 is 2.43 bits per heavy atom. The maximum atomic E-state index is 12.3. The number of amides is 1. The molecule has 0 spiro atoms. The molecule has 5 nitrogen and oxygen atoms in total. The summed E-state index contributed by atoms with van der Waals surface area (Å²) in [5.41, 5.74) is 0.778. The van der Waals surface area contributed by atoms with Gasteiger partial charge < -0.3 is 9.84 Å². The minimum Gasteiger partial charge on any atom is -0.480 e. The second kappa shape index (κ2) is 9.31. The molecule has 0 radical (unpaired) electrons. The first-order chi connectivity index (χ1) is 10.8. The predicted octanol–water partition coefficient (Wildman–Crippen LogP) is 4.23. The highest BCUT2D eigenvalue weighted by Crippen LogP contribution is 2.37. The number of unbranched alkanes of at least 4 members (excludes halogenated alkanes) is 1. The lowest BCUT2D eigenvalue weighted by Gasteiger charge is -2.35. The van der Waals surface area contributed by atoms with Gasteiger partial charge >= 0.3 is 12.1 Å². The summed E-state index contributed by atoms with van der Waals surface area (Å²) in [6.07, 6.45) is 0.762. The second-order valence-electron chi connectivity index (χ2n) is 4.99. The van der Waals surface area contributed by atoms with Crippen LogP contribution in [0.1, 0.15) is 31.7 Å². The topological polar surface area (TPSA) is 66.8 Å². The summed E-state index contributed by atoms with van der Waals surface area (Å²) < 4.78 is 3.40. The van der Waals surface area contributed by atoms with E-state index in [4.69, 9.17) is 27.9 Å². The Hall–Kier alpha value is -1.03. The van der Waals surface area contributed by atoms with Crippen LogP contribution in [0.25, 0.3) is 0 Å². The number of hydrogen-bond donors (Lipinski definition) is 1. The van der Waals surface area contributed by atoms with Crippen molar-refractivity contribution in [3.05, 3.63) is 35.9 Å². The minimum atomic E-state index is -1.77. The van der Waals surface area contributed by atoms with Gasteiger partial charge in [-0.25, -0.2) is 9.59 Å². The van der Waals surface area contributed by atoms with Crippen molar-refractivity contribution in [3.8, 4) is 0 Å². The van der Waals surface area contributed by atoms with Crippen molar-refractivity contribution in [1.82, 2.24) is 4.90 Å². The molecule has 0 aliphatic heterocycles.